The third kappa shape index (κ3) is 2.23. The van der Waals surface area contributed by atoms with E-state index in [1.165, 1.54) is 15.3 Å². The molecule has 1 fully saturated rings. The summed E-state index contributed by atoms with van der Waals surface area (Å²) in [6.45, 7) is 3.87. The van der Waals surface area contributed by atoms with Crippen molar-refractivity contribution in [2.24, 2.45) is 5.92 Å². The first-order valence-electron chi connectivity index (χ1n) is 4.35. The van der Waals surface area contributed by atoms with Crippen molar-refractivity contribution in [3.63, 3.8) is 0 Å². The molecule has 1 aliphatic rings. The summed E-state index contributed by atoms with van der Waals surface area (Å²) < 4.78 is 0. The number of quaternary nitrogens is 1. The molecule has 0 aromatic carbocycles. The minimum absolute atomic E-state index is 0. The zero-order valence-corrected chi connectivity index (χ0v) is 9.58. The molecule has 0 aromatic rings. The Morgan fingerprint density at radius 2 is 1.86 bits per heavy atom. The molecule has 0 radical (unpaired) electrons. The van der Waals surface area contributed by atoms with Crippen LogP contribution in [0.3, 0.4) is 0 Å². The topological polar surface area (TPSA) is 57.2 Å². The number of hydrogen-bond donors (Lipinski definition) is 1. The molecule has 14 heavy (non-hydrogen) atoms. The van der Waals surface area contributed by atoms with Gasteiger partial charge in [0.2, 0.25) is 0 Å². The van der Waals surface area contributed by atoms with Crippen molar-refractivity contribution in [3.05, 3.63) is 0 Å². The van der Waals surface area contributed by atoms with Crippen LogP contribution in [-0.2, 0) is 4.79 Å². The van der Waals surface area contributed by atoms with Crippen molar-refractivity contribution in [2.45, 2.75) is 19.9 Å². The number of hydrogen-bond acceptors (Lipinski definition) is 3. The fraction of sp³-hybridized carbons (Fsp3) is 0.750. The predicted octanol–water partition coefficient (Wildman–Crippen LogP) is -3.98. The number of nitrogens with two attached hydrogens (primary N) is 1. The molecule has 0 saturated carbocycles. The molecule has 2 N–H and O–H groups in total. The molecule has 6 heteroatoms. The number of nitrogens with zero attached hydrogens (tertiary/aromatic N) is 2. The number of amides is 3. The van der Waals surface area contributed by atoms with Gasteiger partial charge in [-0.05, 0) is 0 Å². The van der Waals surface area contributed by atoms with E-state index in [0.29, 0.717) is 0 Å². The highest BCUT2D eigenvalue weighted by molar-refractivity contribution is 5.97. The molecule has 5 nitrogen and oxygen atoms in total. The number of halogens is 1. The van der Waals surface area contributed by atoms with Gasteiger partial charge in [-0.3, -0.25) is 10.1 Å². The first-order valence-corrected chi connectivity index (χ1v) is 4.35. The van der Waals surface area contributed by atoms with E-state index in [9.17, 15) is 9.59 Å². The second-order valence-corrected chi connectivity index (χ2v) is 3.77. The molecule has 1 aliphatic heterocycles. The van der Waals surface area contributed by atoms with Crippen LogP contribution >= 0.6 is 0 Å². The number of carbonyl (C=O) groups excluding carboxylic acids is 2. The molecule has 82 valence electrons. The van der Waals surface area contributed by atoms with Crippen LogP contribution in [-0.4, -0.2) is 42.1 Å². The largest absolute Gasteiger partial charge is 1.00 e. The van der Waals surface area contributed by atoms with Gasteiger partial charge in [0.25, 0.3) is 0 Å². The molecule has 0 spiro atoms. The van der Waals surface area contributed by atoms with E-state index >= 15 is 0 Å². The molecule has 0 aromatic heterocycles. The lowest BCUT2D eigenvalue weighted by Gasteiger charge is -2.17. The number of primary amides is 1. The van der Waals surface area contributed by atoms with E-state index in [1.807, 2.05) is 13.8 Å². The number of urea groups is 1. The van der Waals surface area contributed by atoms with E-state index in [2.05, 4.69) is 0 Å². The van der Waals surface area contributed by atoms with Crippen LogP contribution in [0.2, 0.25) is 0 Å². The fourth-order valence-electron chi connectivity index (χ4n) is 1.42. The van der Waals surface area contributed by atoms with E-state index in [-0.39, 0.29) is 36.3 Å². The molecular formula is C8H16ClN3O2. The van der Waals surface area contributed by atoms with Gasteiger partial charge < -0.3 is 12.4 Å². The maximum absolute atomic E-state index is 11.6. The zero-order chi connectivity index (χ0) is 10.2. The van der Waals surface area contributed by atoms with Gasteiger partial charge in [0.05, 0.1) is 0 Å². The van der Waals surface area contributed by atoms with Crippen LogP contribution in [0.5, 0.6) is 0 Å². The lowest BCUT2D eigenvalue weighted by atomic mass is 10.1. The summed E-state index contributed by atoms with van der Waals surface area (Å²) in [4.78, 5) is 23.0. The average Bonchev–Trinajstić information content (AvgIpc) is 2.26. The number of rotatable bonds is 2. The summed E-state index contributed by atoms with van der Waals surface area (Å²) in [6.07, 6.45) is 0. The molecule has 0 aliphatic carbocycles. The Morgan fingerprint density at radius 3 is 2.07 bits per heavy atom. The first kappa shape index (κ1) is 13.4. The van der Waals surface area contributed by atoms with Crippen molar-refractivity contribution in [1.82, 2.24) is 10.0 Å². The van der Waals surface area contributed by atoms with E-state index in [4.69, 9.17) is 0 Å². The average molecular weight is 222 g/mol. The van der Waals surface area contributed by atoms with E-state index in [1.54, 1.807) is 14.1 Å². The van der Waals surface area contributed by atoms with Gasteiger partial charge in [-0.25, -0.2) is 9.80 Å². The molecule has 1 saturated heterocycles. The van der Waals surface area contributed by atoms with E-state index < -0.39 is 0 Å². The van der Waals surface area contributed by atoms with Gasteiger partial charge >= 0.3 is 11.9 Å². The lowest BCUT2D eigenvalue weighted by Crippen LogP contribution is -3.00. The van der Waals surface area contributed by atoms with Crippen LogP contribution in [0.4, 0.5) is 4.79 Å². The Bertz CT molecular complexity index is 243. The number of imide groups is 1. The van der Waals surface area contributed by atoms with Crippen LogP contribution in [0.1, 0.15) is 13.8 Å². The summed E-state index contributed by atoms with van der Waals surface area (Å²) in [7, 11) is 3.37. The van der Waals surface area contributed by atoms with Gasteiger partial charge in [-0.15, -0.1) is 0 Å². The predicted molar refractivity (Wildman–Crippen MR) is 46.5 cm³/mol. The third-order valence-corrected chi connectivity index (χ3v) is 2.14. The van der Waals surface area contributed by atoms with Crippen LogP contribution < -0.4 is 17.7 Å². The summed E-state index contributed by atoms with van der Waals surface area (Å²) in [5, 5.41) is 4.18. The Labute approximate surface area is 89.8 Å². The van der Waals surface area contributed by atoms with Gasteiger partial charge in [0.15, 0.2) is 6.04 Å². The zero-order valence-electron chi connectivity index (χ0n) is 8.82. The highest BCUT2D eigenvalue weighted by atomic mass is 35.5. The highest BCUT2D eigenvalue weighted by Crippen LogP contribution is 2.07. The van der Waals surface area contributed by atoms with Crippen LogP contribution in [0.15, 0.2) is 0 Å². The lowest BCUT2D eigenvalue weighted by molar-refractivity contribution is -0.580. The van der Waals surface area contributed by atoms with Gasteiger partial charge in [-0.2, -0.15) is 5.01 Å². The van der Waals surface area contributed by atoms with Crippen LogP contribution in [0, 0.1) is 5.92 Å². The Morgan fingerprint density at radius 1 is 1.36 bits per heavy atom. The number of hydrazine groups is 1. The Kier molecular flexibility index (Phi) is 4.51. The molecule has 3 amide bonds. The first-order chi connectivity index (χ1) is 5.95. The highest BCUT2D eigenvalue weighted by Gasteiger charge is 2.45. The summed E-state index contributed by atoms with van der Waals surface area (Å²) in [5.74, 6) is 0.0615. The van der Waals surface area contributed by atoms with Gasteiger partial charge in [-0.1, -0.05) is 13.8 Å². The van der Waals surface area contributed by atoms with Gasteiger partial charge in [0, 0.05) is 20.0 Å². The molecule has 1 unspecified atom stereocenters. The normalized spacial score (nSPS) is 22.1. The second-order valence-electron chi connectivity index (χ2n) is 3.77. The summed E-state index contributed by atoms with van der Waals surface area (Å²) in [5.41, 5.74) is 0. The fourth-order valence-corrected chi connectivity index (χ4v) is 1.42. The quantitative estimate of drug-likeness (QED) is 0.484. The maximum Gasteiger partial charge on any atom is 0.438 e. The minimum atomic E-state index is -0.255. The molecular weight excluding hydrogens is 206 g/mol. The molecule has 0 bridgehead atoms. The minimum Gasteiger partial charge on any atom is -1.00 e. The van der Waals surface area contributed by atoms with Crippen molar-refractivity contribution >= 4 is 11.9 Å². The monoisotopic (exact) mass is 221 g/mol. The molecule has 1 heterocycles. The van der Waals surface area contributed by atoms with Crippen molar-refractivity contribution in [2.75, 3.05) is 14.1 Å². The summed E-state index contributed by atoms with van der Waals surface area (Å²) in [6, 6.07) is -0.469. The van der Waals surface area contributed by atoms with Crippen LogP contribution in [0.25, 0.3) is 0 Å². The molecule has 1 atom stereocenters. The summed E-state index contributed by atoms with van der Waals surface area (Å²) >= 11 is 0. The van der Waals surface area contributed by atoms with Crippen molar-refractivity contribution < 1.29 is 27.3 Å². The maximum atomic E-state index is 11.6. The van der Waals surface area contributed by atoms with Crippen molar-refractivity contribution in [1.29, 1.82) is 0 Å². The Balaban J connectivity index is 0.00000169. The molecule has 1 rings (SSSR count). The SMILES string of the molecule is CC(C)C1[NH2+]C(=O)N(N(C)C)C1=O.[Cl-]. The van der Waals surface area contributed by atoms with E-state index in [0.717, 1.165) is 0 Å². The van der Waals surface area contributed by atoms with Crippen molar-refractivity contribution in [3.8, 4) is 0 Å². The second kappa shape index (κ2) is 4.72. The number of carbonyl (C=O) groups is 2. The van der Waals surface area contributed by atoms with Gasteiger partial charge in [0.1, 0.15) is 0 Å². The third-order valence-electron chi connectivity index (χ3n) is 2.14. The Hall–Kier alpha value is -0.650. The smallest absolute Gasteiger partial charge is 0.438 e. The standard InChI is InChI=1S/C8H15N3O2.ClH/c1-5(2)6-7(12)11(10(3)4)8(13)9-6;/h5-6H,1-4H3,(H,9,13);1H.